The topological polar surface area (TPSA) is 44.5 Å². The summed E-state index contributed by atoms with van der Waals surface area (Å²) in [5, 5.41) is 9.08. The minimum Gasteiger partial charge on any atom is -0.329 e. The molecule has 3 rings (SSSR count). The van der Waals surface area contributed by atoms with Crippen LogP contribution in [-0.2, 0) is 6.54 Å². The summed E-state index contributed by atoms with van der Waals surface area (Å²) in [5.74, 6) is -1.00. The lowest BCUT2D eigenvalue weighted by Crippen LogP contribution is -2.02. The highest BCUT2D eigenvalue weighted by molar-refractivity contribution is 7.71. The lowest BCUT2D eigenvalue weighted by atomic mass is 10.2. The van der Waals surface area contributed by atoms with Crippen molar-refractivity contribution in [2.24, 2.45) is 0 Å². The quantitative estimate of drug-likeness (QED) is 0.730. The van der Waals surface area contributed by atoms with Crippen LogP contribution in [0.2, 0.25) is 0 Å². The predicted octanol–water partition coefficient (Wildman–Crippen LogP) is 3.90. The average Bonchev–Trinajstić information content (AvgIpc) is 2.79. The first-order chi connectivity index (χ1) is 10.1. The first-order valence-electron chi connectivity index (χ1n) is 6.15. The van der Waals surface area contributed by atoms with Crippen LogP contribution < -0.4 is 0 Å². The highest BCUT2D eigenvalue weighted by atomic mass is 32.1. The Morgan fingerprint density at radius 3 is 2.81 bits per heavy atom. The molecule has 104 valence electrons. The fraction of sp³-hybridized carbons (Fsp3) is 0.0667. The largest absolute Gasteiger partial charge is 0.329 e. The van der Waals surface area contributed by atoms with E-state index in [2.05, 4.69) is 11.1 Å². The van der Waals surface area contributed by atoms with Crippen LogP contribution in [0.25, 0.3) is 11.0 Å². The van der Waals surface area contributed by atoms with Gasteiger partial charge in [0.15, 0.2) is 4.77 Å². The van der Waals surface area contributed by atoms with Crippen LogP contribution in [-0.4, -0.2) is 9.55 Å². The molecular weight excluding hydrogens is 292 g/mol. The van der Waals surface area contributed by atoms with Gasteiger partial charge in [0.2, 0.25) is 0 Å². The van der Waals surface area contributed by atoms with Gasteiger partial charge in [0.25, 0.3) is 0 Å². The fourth-order valence-electron chi connectivity index (χ4n) is 2.27. The predicted molar refractivity (Wildman–Crippen MR) is 77.3 cm³/mol. The Kier molecular flexibility index (Phi) is 3.28. The van der Waals surface area contributed by atoms with Crippen molar-refractivity contribution in [2.45, 2.75) is 6.54 Å². The van der Waals surface area contributed by atoms with Crippen LogP contribution >= 0.6 is 12.2 Å². The number of hydrogen-bond donors (Lipinski definition) is 1. The molecule has 0 aliphatic rings. The summed E-state index contributed by atoms with van der Waals surface area (Å²) < 4.78 is 29.0. The van der Waals surface area contributed by atoms with Crippen LogP contribution in [0.5, 0.6) is 0 Å². The van der Waals surface area contributed by atoms with E-state index >= 15 is 0 Å². The Balaban J connectivity index is 2.18. The van der Waals surface area contributed by atoms with Crippen molar-refractivity contribution < 1.29 is 8.78 Å². The standard InChI is InChI=1S/C15H9F2N3S/c16-11-4-5-12(17)10(6-11)8-20-13-3-1-2-9(7-18)14(13)19-15(20)21/h1-6H,8H2,(H,19,21). The van der Waals surface area contributed by atoms with Crippen LogP contribution in [0.3, 0.4) is 0 Å². The molecule has 3 nitrogen and oxygen atoms in total. The zero-order valence-corrected chi connectivity index (χ0v) is 11.5. The molecule has 0 aliphatic heterocycles. The monoisotopic (exact) mass is 301 g/mol. The minimum absolute atomic E-state index is 0.0946. The Morgan fingerprint density at radius 1 is 1.24 bits per heavy atom. The van der Waals surface area contributed by atoms with E-state index in [9.17, 15) is 8.78 Å². The van der Waals surface area contributed by atoms with Gasteiger partial charge in [-0.25, -0.2) is 8.78 Å². The summed E-state index contributed by atoms with van der Waals surface area (Å²) in [7, 11) is 0. The maximum atomic E-state index is 13.8. The summed E-state index contributed by atoms with van der Waals surface area (Å²) >= 11 is 5.22. The summed E-state index contributed by atoms with van der Waals surface area (Å²) in [6, 6.07) is 10.5. The van der Waals surface area contributed by atoms with Crippen LogP contribution in [0, 0.1) is 27.7 Å². The molecule has 0 aliphatic carbocycles. The first kappa shape index (κ1) is 13.5. The zero-order chi connectivity index (χ0) is 15.0. The van der Waals surface area contributed by atoms with Crippen LogP contribution in [0.15, 0.2) is 36.4 Å². The third kappa shape index (κ3) is 2.32. The number of nitriles is 1. The number of fused-ring (bicyclic) bond motifs is 1. The van der Waals surface area contributed by atoms with Crippen molar-refractivity contribution in [1.82, 2.24) is 9.55 Å². The lowest BCUT2D eigenvalue weighted by molar-refractivity contribution is 0.578. The van der Waals surface area contributed by atoms with E-state index in [-0.39, 0.29) is 12.1 Å². The first-order valence-corrected chi connectivity index (χ1v) is 6.56. The SMILES string of the molecule is N#Cc1cccc2c1[nH]c(=S)n2Cc1cc(F)ccc1F. The van der Waals surface area contributed by atoms with E-state index in [0.717, 1.165) is 18.2 Å². The minimum atomic E-state index is -0.504. The lowest BCUT2D eigenvalue weighted by Gasteiger charge is -2.06. The molecule has 1 N–H and O–H groups in total. The zero-order valence-electron chi connectivity index (χ0n) is 10.7. The Morgan fingerprint density at radius 2 is 2.05 bits per heavy atom. The number of aromatic amines is 1. The van der Waals surface area contributed by atoms with E-state index in [0.29, 0.717) is 21.4 Å². The van der Waals surface area contributed by atoms with Gasteiger partial charge in [-0.1, -0.05) is 6.07 Å². The second kappa shape index (κ2) is 5.11. The summed E-state index contributed by atoms with van der Waals surface area (Å²) in [4.78, 5) is 2.94. The van der Waals surface area contributed by atoms with E-state index in [1.807, 2.05) is 0 Å². The number of hydrogen-bond acceptors (Lipinski definition) is 2. The molecule has 3 aromatic rings. The van der Waals surface area contributed by atoms with Crippen LogP contribution in [0.1, 0.15) is 11.1 Å². The summed E-state index contributed by atoms with van der Waals surface area (Å²) in [6.07, 6.45) is 0. The van der Waals surface area contributed by atoms with Gasteiger partial charge in [-0.05, 0) is 42.5 Å². The maximum Gasteiger partial charge on any atom is 0.178 e. The maximum absolute atomic E-state index is 13.8. The van der Waals surface area contributed by atoms with Crippen molar-refractivity contribution >= 4 is 23.3 Å². The molecule has 0 unspecified atom stereocenters. The van der Waals surface area contributed by atoms with Gasteiger partial charge in [0, 0.05) is 5.56 Å². The number of halogens is 2. The van der Waals surface area contributed by atoms with Gasteiger partial charge in [0.05, 0.1) is 23.1 Å². The number of nitrogens with zero attached hydrogens (tertiary/aromatic N) is 2. The number of benzene rings is 2. The van der Waals surface area contributed by atoms with E-state index in [1.165, 1.54) is 0 Å². The van der Waals surface area contributed by atoms with Gasteiger partial charge in [-0.3, -0.25) is 0 Å². The number of imidazole rings is 1. The molecule has 21 heavy (non-hydrogen) atoms. The number of rotatable bonds is 2. The van der Waals surface area contributed by atoms with Gasteiger partial charge < -0.3 is 9.55 Å². The van der Waals surface area contributed by atoms with E-state index < -0.39 is 11.6 Å². The molecule has 0 radical (unpaired) electrons. The molecule has 0 amide bonds. The average molecular weight is 301 g/mol. The van der Waals surface area contributed by atoms with Crippen molar-refractivity contribution in [1.29, 1.82) is 5.26 Å². The second-order valence-corrected chi connectivity index (χ2v) is 4.95. The van der Waals surface area contributed by atoms with Crippen molar-refractivity contribution in [3.05, 3.63) is 63.9 Å². The third-order valence-electron chi connectivity index (χ3n) is 3.27. The highest BCUT2D eigenvalue weighted by Gasteiger charge is 2.11. The Bertz CT molecular complexity index is 934. The molecule has 6 heteroatoms. The molecule has 0 saturated carbocycles. The van der Waals surface area contributed by atoms with Crippen molar-refractivity contribution in [3.8, 4) is 6.07 Å². The summed E-state index contributed by atoms with van der Waals surface area (Å²) in [5.41, 5.74) is 1.94. The molecule has 1 heterocycles. The van der Waals surface area contributed by atoms with Crippen molar-refractivity contribution in [3.63, 3.8) is 0 Å². The van der Waals surface area contributed by atoms with Gasteiger partial charge in [0.1, 0.15) is 17.7 Å². The number of H-pyrrole nitrogens is 1. The Labute approximate surface area is 124 Å². The third-order valence-corrected chi connectivity index (χ3v) is 3.59. The van der Waals surface area contributed by atoms with E-state index in [4.69, 9.17) is 17.5 Å². The highest BCUT2D eigenvalue weighted by Crippen LogP contribution is 2.20. The molecule has 0 bridgehead atoms. The molecule has 0 spiro atoms. The normalized spacial score (nSPS) is 10.7. The number of para-hydroxylation sites is 1. The molecule has 0 fully saturated rings. The number of aromatic nitrogens is 2. The fourth-order valence-corrected chi connectivity index (χ4v) is 2.53. The van der Waals surface area contributed by atoms with Crippen molar-refractivity contribution in [2.75, 3.05) is 0 Å². The van der Waals surface area contributed by atoms with Gasteiger partial charge >= 0.3 is 0 Å². The molecule has 0 atom stereocenters. The van der Waals surface area contributed by atoms with E-state index in [1.54, 1.807) is 22.8 Å². The molecule has 0 saturated heterocycles. The summed E-state index contributed by atoms with van der Waals surface area (Å²) in [6.45, 7) is 0.0946. The van der Waals surface area contributed by atoms with Gasteiger partial charge in [-0.2, -0.15) is 5.26 Å². The van der Waals surface area contributed by atoms with Gasteiger partial charge in [-0.15, -0.1) is 0 Å². The molecule has 2 aromatic carbocycles. The smallest absolute Gasteiger partial charge is 0.178 e. The molecular formula is C15H9F2N3S. The van der Waals surface area contributed by atoms with Crippen LogP contribution in [0.4, 0.5) is 8.78 Å². The molecule has 1 aromatic heterocycles. The Hall–Kier alpha value is -2.52. The number of nitrogens with one attached hydrogen (secondary N) is 1. The second-order valence-electron chi connectivity index (χ2n) is 4.56.